The molecular weight excluding hydrogens is 342 g/mol. The molecule has 1 fully saturated rings. The highest BCUT2D eigenvalue weighted by molar-refractivity contribution is 6.01. The summed E-state index contributed by atoms with van der Waals surface area (Å²) in [6.07, 6.45) is 9.30. The molecule has 0 unspecified atom stereocenters. The molecule has 0 radical (unpaired) electrons. The summed E-state index contributed by atoms with van der Waals surface area (Å²) in [7, 11) is 0. The molecule has 0 N–H and O–H groups in total. The summed E-state index contributed by atoms with van der Waals surface area (Å²) in [4.78, 5) is 29.3. The Kier molecular flexibility index (Phi) is 3.78. The van der Waals surface area contributed by atoms with Crippen molar-refractivity contribution in [3.05, 3.63) is 53.3 Å². The van der Waals surface area contributed by atoms with E-state index in [-0.39, 0.29) is 24.1 Å². The first-order valence-corrected chi connectivity index (χ1v) is 9.65. The number of nitrogens with zero attached hydrogens (tertiary/aromatic N) is 1. The molecule has 2 aromatic rings. The molecule has 5 heteroatoms. The van der Waals surface area contributed by atoms with Gasteiger partial charge in [0.2, 0.25) is 0 Å². The fraction of sp³-hybridized carbons (Fsp3) is 0.409. The fourth-order valence-electron chi connectivity index (χ4n) is 4.74. The van der Waals surface area contributed by atoms with Gasteiger partial charge in [0.25, 0.3) is 0 Å². The number of rotatable bonds is 1. The molecule has 1 atom stereocenters. The van der Waals surface area contributed by atoms with Crippen molar-refractivity contribution in [1.82, 2.24) is 4.98 Å². The quantitative estimate of drug-likeness (QED) is 0.561. The Balaban J connectivity index is 1.67. The SMILES string of the molecule is O=C1C[C@@H](c2cccnc2)c2c(ccc3c2OC2(CCCCC2)CC3=O)O1. The smallest absolute Gasteiger partial charge is 0.312 e. The Bertz CT molecular complexity index is 915. The molecule has 1 aromatic carbocycles. The molecule has 1 saturated carbocycles. The number of hydrogen-bond donors (Lipinski definition) is 0. The Morgan fingerprint density at radius 2 is 1.93 bits per heavy atom. The third-order valence-electron chi connectivity index (χ3n) is 6.05. The van der Waals surface area contributed by atoms with Gasteiger partial charge in [0.05, 0.1) is 18.4 Å². The lowest BCUT2D eigenvalue weighted by Crippen LogP contribution is -2.44. The van der Waals surface area contributed by atoms with Crippen LogP contribution < -0.4 is 9.47 Å². The molecule has 0 bridgehead atoms. The van der Waals surface area contributed by atoms with Crippen molar-refractivity contribution < 1.29 is 19.1 Å². The van der Waals surface area contributed by atoms with Crippen LogP contribution >= 0.6 is 0 Å². The molecular formula is C22H21NO4. The number of hydrogen-bond acceptors (Lipinski definition) is 5. The van der Waals surface area contributed by atoms with Gasteiger partial charge in [-0.15, -0.1) is 0 Å². The van der Waals surface area contributed by atoms with Crippen LogP contribution in [0.3, 0.4) is 0 Å². The molecule has 5 nitrogen and oxygen atoms in total. The number of pyridine rings is 1. The summed E-state index contributed by atoms with van der Waals surface area (Å²) >= 11 is 0. The van der Waals surface area contributed by atoms with Crippen LogP contribution in [0.1, 0.15) is 72.3 Å². The van der Waals surface area contributed by atoms with Gasteiger partial charge >= 0.3 is 5.97 Å². The van der Waals surface area contributed by atoms with Crippen LogP contribution in [0, 0.1) is 0 Å². The summed E-state index contributed by atoms with van der Waals surface area (Å²) in [5, 5.41) is 0. The Morgan fingerprint density at radius 3 is 2.70 bits per heavy atom. The van der Waals surface area contributed by atoms with Crippen molar-refractivity contribution in [3.8, 4) is 11.5 Å². The first-order chi connectivity index (χ1) is 13.2. The lowest BCUT2D eigenvalue weighted by atomic mass is 9.76. The van der Waals surface area contributed by atoms with Crippen molar-refractivity contribution in [2.75, 3.05) is 0 Å². The normalized spacial score (nSPS) is 23.2. The van der Waals surface area contributed by atoms with Gasteiger partial charge in [0.1, 0.15) is 17.1 Å². The van der Waals surface area contributed by atoms with Crippen molar-refractivity contribution in [1.29, 1.82) is 0 Å². The molecule has 0 saturated heterocycles. The highest BCUT2D eigenvalue weighted by Gasteiger charge is 2.44. The molecule has 0 amide bonds. The molecule has 2 aliphatic heterocycles. The van der Waals surface area contributed by atoms with Crippen molar-refractivity contribution in [3.63, 3.8) is 0 Å². The maximum atomic E-state index is 13.0. The number of aromatic nitrogens is 1. The van der Waals surface area contributed by atoms with Crippen LogP contribution in [0.25, 0.3) is 0 Å². The zero-order chi connectivity index (χ0) is 18.4. The van der Waals surface area contributed by atoms with Gasteiger partial charge in [0, 0.05) is 23.9 Å². The van der Waals surface area contributed by atoms with E-state index in [4.69, 9.17) is 9.47 Å². The highest BCUT2D eigenvalue weighted by Crippen LogP contribution is 2.50. The fourth-order valence-corrected chi connectivity index (χ4v) is 4.74. The van der Waals surface area contributed by atoms with Gasteiger partial charge < -0.3 is 9.47 Å². The van der Waals surface area contributed by atoms with E-state index in [2.05, 4.69) is 4.98 Å². The van der Waals surface area contributed by atoms with E-state index >= 15 is 0 Å². The van der Waals surface area contributed by atoms with Crippen LogP contribution in [0.5, 0.6) is 11.5 Å². The lowest BCUT2D eigenvalue weighted by Gasteiger charge is -2.42. The number of carbonyl (C=O) groups is 2. The zero-order valence-electron chi connectivity index (χ0n) is 15.1. The number of ether oxygens (including phenoxy) is 2. The highest BCUT2D eigenvalue weighted by atomic mass is 16.5. The van der Waals surface area contributed by atoms with Crippen LogP contribution in [0.2, 0.25) is 0 Å². The average Bonchev–Trinajstić information content (AvgIpc) is 2.68. The van der Waals surface area contributed by atoms with Gasteiger partial charge in [-0.25, -0.2) is 0 Å². The number of ketones is 1. The van der Waals surface area contributed by atoms with Gasteiger partial charge in [-0.3, -0.25) is 14.6 Å². The molecule has 1 aliphatic carbocycles. The van der Waals surface area contributed by atoms with Gasteiger partial charge in [0.15, 0.2) is 5.78 Å². The molecule has 5 rings (SSSR count). The predicted octanol–water partition coefficient (Wildman–Crippen LogP) is 4.19. The van der Waals surface area contributed by atoms with Crippen molar-refractivity contribution in [2.24, 2.45) is 0 Å². The van der Waals surface area contributed by atoms with Crippen LogP contribution in [-0.2, 0) is 4.79 Å². The summed E-state index contributed by atoms with van der Waals surface area (Å²) in [5.74, 6) is 0.761. The van der Waals surface area contributed by atoms with Crippen LogP contribution in [0.4, 0.5) is 0 Å². The predicted molar refractivity (Wildman–Crippen MR) is 98.2 cm³/mol. The van der Waals surface area contributed by atoms with E-state index in [1.807, 2.05) is 12.1 Å². The van der Waals surface area contributed by atoms with E-state index in [1.165, 1.54) is 6.42 Å². The van der Waals surface area contributed by atoms with Gasteiger partial charge in [-0.1, -0.05) is 12.5 Å². The van der Waals surface area contributed by atoms with Crippen molar-refractivity contribution in [2.45, 2.75) is 56.5 Å². The minimum absolute atomic E-state index is 0.128. The second-order valence-corrected chi connectivity index (χ2v) is 7.82. The Morgan fingerprint density at radius 1 is 1.07 bits per heavy atom. The molecule has 27 heavy (non-hydrogen) atoms. The number of Topliss-reactive ketones (excluding diaryl/α,β-unsaturated/α-hetero) is 1. The lowest BCUT2D eigenvalue weighted by molar-refractivity contribution is -0.135. The third-order valence-corrected chi connectivity index (χ3v) is 6.05. The second-order valence-electron chi connectivity index (χ2n) is 7.82. The maximum absolute atomic E-state index is 13.0. The molecule has 3 heterocycles. The Labute approximate surface area is 157 Å². The van der Waals surface area contributed by atoms with Crippen LogP contribution in [-0.4, -0.2) is 22.3 Å². The number of carbonyl (C=O) groups excluding carboxylic acids is 2. The van der Waals surface area contributed by atoms with E-state index in [1.54, 1.807) is 24.5 Å². The minimum Gasteiger partial charge on any atom is -0.486 e. The summed E-state index contributed by atoms with van der Waals surface area (Å²) in [5.41, 5.74) is 1.95. The third kappa shape index (κ3) is 2.73. The van der Waals surface area contributed by atoms with E-state index in [0.717, 1.165) is 36.8 Å². The maximum Gasteiger partial charge on any atom is 0.312 e. The van der Waals surface area contributed by atoms with Gasteiger partial charge in [-0.05, 0) is 49.4 Å². The standard InChI is InChI=1S/C22H21NO4/c24-17-12-22(8-2-1-3-9-22)27-21-15(17)6-7-18-20(21)16(11-19(25)26-18)14-5-4-10-23-13-14/h4-7,10,13,16H,1-3,8-9,11-12H2/t16-/m0/s1. The van der Waals surface area contributed by atoms with E-state index in [9.17, 15) is 9.59 Å². The summed E-state index contributed by atoms with van der Waals surface area (Å²) in [6.45, 7) is 0. The van der Waals surface area contributed by atoms with Crippen LogP contribution in [0.15, 0.2) is 36.7 Å². The summed E-state index contributed by atoms with van der Waals surface area (Å²) in [6, 6.07) is 7.29. The zero-order valence-corrected chi connectivity index (χ0v) is 15.1. The van der Waals surface area contributed by atoms with E-state index in [0.29, 0.717) is 23.5 Å². The Hall–Kier alpha value is -2.69. The molecule has 1 aromatic heterocycles. The average molecular weight is 363 g/mol. The second kappa shape index (κ2) is 6.19. The van der Waals surface area contributed by atoms with Crippen molar-refractivity contribution >= 4 is 11.8 Å². The number of fused-ring (bicyclic) bond motifs is 3. The number of benzene rings is 1. The molecule has 1 spiro atoms. The first-order valence-electron chi connectivity index (χ1n) is 9.65. The monoisotopic (exact) mass is 363 g/mol. The topological polar surface area (TPSA) is 65.5 Å². The molecule has 138 valence electrons. The number of esters is 1. The first kappa shape index (κ1) is 16.5. The largest absolute Gasteiger partial charge is 0.486 e. The van der Waals surface area contributed by atoms with E-state index < -0.39 is 5.60 Å². The summed E-state index contributed by atoms with van der Waals surface area (Å²) < 4.78 is 12.1. The molecule has 3 aliphatic rings. The minimum atomic E-state index is -0.404. The van der Waals surface area contributed by atoms with Gasteiger partial charge in [-0.2, -0.15) is 0 Å².